The van der Waals surface area contributed by atoms with Gasteiger partial charge in [-0.3, -0.25) is 9.10 Å². The Labute approximate surface area is 196 Å². The molecule has 0 aliphatic rings. The van der Waals surface area contributed by atoms with Crippen molar-refractivity contribution >= 4 is 50.6 Å². The van der Waals surface area contributed by atoms with Gasteiger partial charge in [0, 0.05) is 16.9 Å². The molecule has 0 aliphatic carbocycles. The molecule has 33 heavy (non-hydrogen) atoms. The van der Waals surface area contributed by atoms with Crippen LogP contribution in [0.25, 0.3) is 0 Å². The molecular formula is C23H21ClN4O4S. The van der Waals surface area contributed by atoms with Crippen molar-refractivity contribution in [3.05, 3.63) is 96.0 Å². The number of hydrogen-bond acceptors (Lipinski definition) is 4. The minimum Gasteiger partial charge on any atom is -0.351 e. The lowest BCUT2D eigenvalue weighted by molar-refractivity contribution is 0.102. The van der Waals surface area contributed by atoms with E-state index in [2.05, 4.69) is 17.2 Å². The molecular weight excluding hydrogens is 464 g/mol. The van der Waals surface area contributed by atoms with E-state index < -0.39 is 22.0 Å². The maximum atomic E-state index is 13.4. The number of hydrogen-bond donors (Lipinski definition) is 3. The third-order valence-electron chi connectivity index (χ3n) is 4.49. The summed E-state index contributed by atoms with van der Waals surface area (Å²) in [5.74, 6) is -0.531. The minimum absolute atomic E-state index is 0.0118. The van der Waals surface area contributed by atoms with Gasteiger partial charge in [-0.1, -0.05) is 41.9 Å². The molecule has 0 spiro atoms. The second-order valence-corrected chi connectivity index (χ2v) is 9.10. The summed E-state index contributed by atoms with van der Waals surface area (Å²) in [5, 5.41) is 5.35. The number of nitrogens with two attached hydrogens (primary N) is 1. The van der Waals surface area contributed by atoms with Crippen LogP contribution < -0.4 is 20.7 Å². The number of para-hydroxylation sites is 1. The fourth-order valence-electron chi connectivity index (χ4n) is 3.04. The van der Waals surface area contributed by atoms with E-state index in [9.17, 15) is 18.0 Å². The number of benzene rings is 3. The Kier molecular flexibility index (Phi) is 7.37. The third kappa shape index (κ3) is 5.71. The smallest absolute Gasteiger partial charge is 0.316 e. The Morgan fingerprint density at radius 1 is 0.970 bits per heavy atom. The van der Waals surface area contributed by atoms with E-state index >= 15 is 0 Å². The van der Waals surface area contributed by atoms with E-state index in [1.54, 1.807) is 42.5 Å². The summed E-state index contributed by atoms with van der Waals surface area (Å²) in [4.78, 5) is 23.7. The first kappa shape index (κ1) is 23.8. The van der Waals surface area contributed by atoms with Gasteiger partial charge in [-0.05, 0) is 48.5 Å². The zero-order valence-corrected chi connectivity index (χ0v) is 18.9. The number of rotatable bonds is 8. The normalized spacial score (nSPS) is 10.8. The van der Waals surface area contributed by atoms with Crippen LogP contribution in [-0.4, -0.2) is 26.9 Å². The fourth-order valence-corrected chi connectivity index (χ4v) is 4.83. The van der Waals surface area contributed by atoms with Crippen LogP contribution >= 0.6 is 11.6 Å². The maximum absolute atomic E-state index is 13.4. The van der Waals surface area contributed by atoms with E-state index in [-0.39, 0.29) is 22.0 Å². The average molecular weight is 485 g/mol. The second-order valence-electron chi connectivity index (χ2n) is 6.83. The zero-order valence-electron chi connectivity index (χ0n) is 17.4. The highest BCUT2D eigenvalue weighted by Crippen LogP contribution is 2.30. The standard InChI is InChI=1S/C23H21ClN4O4S/c1-2-13-28(21-12-4-3-11-20(21)24)33(31,32)19-10-5-7-16(14-19)22(29)26-17-8-6-9-18(15-17)27-23(25)30/h2-12,14-15H,1,13H2,(H,26,29)(H3,25,27,30). The molecule has 170 valence electrons. The van der Waals surface area contributed by atoms with Crippen molar-refractivity contribution in [1.29, 1.82) is 0 Å². The minimum atomic E-state index is -4.05. The monoisotopic (exact) mass is 484 g/mol. The lowest BCUT2D eigenvalue weighted by atomic mass is 10.2. The van der Waals surface area contributed by atoms with E-state index in [1.807, 2.05) is 0 Å². The van der Waals surface area contributed by atoms with Gasteiger partial charge in [-0.15, -0.1) is 6.58 Å². The molecule has 0 atom stereocenters. The van der Waals surface area contributed by atoms with Gasteiger partial charge in [0.1, 0.15) is 0 Å². The van der Waals surface area contributed by atoms with Gasteiger partial charge in [0.15, 0.2) is 0 Å². The number of primary amides is 1. The quantitative estimate of drug-likeness (QED) is 0.408. The van der Waals surface area contributed by atoms with Gasteiger partial charge in [0.25, 0.3) is 15.9 Å². The van der Waals surface area contributed by atoms with Crippen LogP contribution in [0, 0.1) is 0 Å². The van der Waals surface area contributed by atoms with Gasteiger partial charge < -0.3 is 16.4 Å². The average Bonchev–Trinajstić information content (AvgIpc) is 2.78. The predicted molar refractivity (Wildman–Crippen MR) is 130 cm³/mol. The van der Waals surface area contributed by atoms with Crippen LogP contribution in [0.1, 0.15) is 10.4 Å². The van der Waals surface area contributed by atoms with E-state index in [0.717, 1.165) is 4.31 Å². The van der Waals surface area contributed by atoms with Gasteiger partial charge >= 0.3 is 6.03 Å². The van der Waals surface area contributed by atoms with Gasteiger partial charge in [-0.25, -0.2) is 13.2 Å². The Hall–Kier alpha value is -3.82. The third-order valence-corrected chi connectivity index (χ3v) is 6.58. The summed E-state index contributed by atoms with van der Waals surface area (Å²) < 4.78 is 27.9. The lowest BCUT2D eigenvalue weighted by Gasteiger charge is -2.24. The molecule has 0 saturated carbocycles. The Morgan fingerprint density at radius 3 is 2.30 bits per heavy atom. The van der Waals surface area contributed by atoms with Crippen molar-refractivity contribution in [1.82, 2.24) is 0 Å². The summed E-state index contributed by atoms with van der Waals surface area (Å²) >= 11 is 6.23. The number of amides is 3. The van der Waals surface area contributed by atoms with Crippen LogP contribution in [0.4, 0.5) is 21.9 Å². The maximum Gasteiger partial charge on any atom is 0.316 e. The number of nitrogens with one attached hydrogen (secondary N) is 2. The molecule has 3 aromatic carbocycles. The highest BCUT2D eigenvalue weighted by atomic mass is 35.5. The van der Waals surface area contributed by atoms with E-state index in [0.29, 0.717) is 17.1 Å². The molecule has 0 aliphatic heterocycles. The second kappa shape index (κ2) is 10.2. The molecule has 0 heterocycles. The number of carbonyl (C=O) groups excluding carboxylic acids is 2. The first-order chi connectivity index (χ1) is 15.7. The van der Waals surface area contributed by atoms with Crippen LogP contribution in [0.2, 0.25) is 5.02 Å². The molecule has 0 fully saturated rings. The molecule has 0 radical (unpaired) electrons. The number of halogens is 1. The first-order valence-electron chi connectivity index (χ1n) is 9.68. The highest BCUT2D eigenvalue weighted by Gasteiger charge is 2.26. The Balaban J connectivity index is 1.90. The first-order valence-corrected chi connectivity index (χ1v) is 11.5. The number of carbonyl (C=O) groups is 2. The molecule has 3 rings (SSSR count). The van der Waals surface area contributed by atoms with Gasteiger partial charge in [-0.2, -0.15) is 0 Å². The van der Waals surface area contributed by atoms with Crippen molar-refractivity contribution in [2.24, 2.45) is 5.73 Å². The van der Waals surface area contributed by atoms with E-state index in [1.165, 1.54) is 36.4 Å². The van der Waals surface area contributed by atoms with Crippen molar-refractivity contribution in [3.8, 4) is 0 Å². The molecule has 8 nitrogen and oxygen atoms in total. The summed E-state index contributed by atoms with van der Waals surface area (Å²) in [7, 11) is -4.05. The summed E-state index contributed by atoms with van der Waals surface area (Å²) in [5.41, 5.74) is 6.33. The molecule has 4 N–H and O–H groups in total. The van der Waals surface area contributed by atoms with Gasteiger partial charge in [0.05, 0.1) is 22.2 Å². The van der Waals surface area contributed by atoms with Crippen LogP contribution in [-0.2, 0) is 10.0 Å². The van der Waals surface area contributed by atoms with Crippen LogP contribution in [0.3, 0.4) is 0 Å². The summed E-state index contributed by atoms with van der Waals surface area (Å²) in [6.07, 6.45) is 1.45. The van der Waals surface area contributed by atoms with Crippen LogP contribution in [0.5, 0.6) is 0 Å². The predicted octanol–water partition coefficient (Wildman–Crippen LogP) is 4.46. The van der Waals surface area contributed by atoms with Crippen molar-refractivity contribution in [2.75, 3.05) is 21.5 Å². The SMILES string of the molecule is C=CCN(c1ccccc1Cl)S(=O)(=O)c1cccc(C(=O)Nc2cccc(NC(N)=O)c2)c1. The number of urea groups is 1. The fraction of sp³-hybridized carbons (Fsp3) is 0.0435. The number of sulfonamides is 1. The van der Waals surface area contributed by atoms with E-state index in [4.69, 9.17) is 17.3 Å². The zero-order chi connectivity index (χ0) is 24.0. The summed E-state index contributed by atoms with van der Waals surface area (Å²) in [6, 6.07) is 17.8. The molecule has 0 saturated heterocycles. The van der Waals surface area contributed by atoms with Crippen molar-refractivity contribution < 1.29 is 18.0 Å². The Bertz CT molecular complexity index is 1310. The largest absolute Gasteiger partial charge is 0.351 e. The number of anilines is 3. The molecule has 0 aromatic heterocycles. The molecule has 3 aromatic rings. The topological polar surface area (TPSA) is 122 Å². The molecule has 0 bridgehead atoms. The summed E-state index contributed by atoms with van der Waals surface area (Å²) in [6.45, 7) is 3.62. The molecule has 10 heteroatoms. The van der Waals surface area contributed by atoms with Crippen molar-refractivity contribution in [2.45, 2.75) is 4.90 Å². The Morgan fingerprint density at radius 2 is 1.64 bits per heavy atom. The van der Waals surface area contributed by atoms with Crippen LogP contribution in [0.15, 0.2) is 90.3 Å². The van der Waals surface area contributed by atoms with Gasteiger partial charge in [0.2, 0.25) is 0 Å². The lowest BCUT2D eigenvalue weighted by Crippen LogP contribution is -2.31. The van der Waals surface area contributed by atoms with Crippen molar-refractivity contribution in [3.63, 3.8) is 0 Å². The molecule has 0 unspecified atom stereocenters. The number of nitrogens with zero attached hydrogens (tertiary/aromatic N) is 1. The molecule has 3 amide bonds. The highest BCUT2D eigenvalue weighted by molar-refractivity contribution is 7.92.